The number of hydrogen-bond acceptors (Lipinski definition) is 1. The van der Waals surface area contributed by atoms with Crippen molar-refractivity contribution in [3.05, 3.63) is 0 Å². The fraction of sp³-hybridized carbons (Fsp3) is 0.944. The largest absolute Gasteiger partial charge is 0.198 e. The molecule has 2 rings (SSSR count). The van der Waals surface area contributed by atoms with Gasteiger partial charge in [-0.05, 0) is 62.7 Å². The third-order valence-corrected chi connectivity index (χ3v) is 6.09. The Labute approximate surface area is 119 Å². The van der Waals surface area contributed by atoms with Crippen LogP contribution in [0.25, 0.3) is 0 Å². The van der Waals surface area contributed by atoms with E-state index in [4.69, 9.17) is 0 Å². The van der Waals surface area contributed by atoms with E-state index in [1.165, 1.54) is 64.2 Å². The van der Waals surface area contributed by atoms with Gasteiger partial charge < -0.3 is 0 Å². The van der Waals surface area contributed by atoms with Crippen molar-refractivity contribution in [3.63, 3.8) is 0 Å². The third-order valence-electron chi connectivity index (χ3n) is 6.09. The average Bonchev–Trinajstić information content (AvgIpc) is 2.48. The minimum Gasteiger partial charge on any atom is -0.198 e. The summed E-state index contributed by atoms with van der Waals surface area (Å²) >= 11 is 0. The zero-order valence-corrected chi connectivity index (χ0v) is 13.0. The van der Waals surface area contributed by atoms with E-state index in [1.807, 2.05) is 0 Å². The quantitative estimate of drug-likeness (QED) is 0.636. The van der Waals surface area contributed by atoms with Gasteiger partial charge in [-0.3, -0.25) is 0 Å². The lowest BCUT2D eigenvalue weighted by Crippen LogP contribution is -2.31. The molecule has 0 aromatic rings. The maximum Gasteiger partial charge on any atom is 0.0689 e. The fourth-order valence-electron chi connectivity index (χ4n) is 4.63. The van der Waals surface area contributed by atoms with E-state index < -0.39 is 0 Å². The molecule has 1 heteroatoms. The maximum atomic E-state index is 9.49. The molecule has 2 saturated carbocycles. The molecule has 0 aliphatic heterocycles. The molecule has 0 N–H and O–H groups in total. The van der Waals surface area contributed by atoms with Crippen molar-refractivity contribution in [1.82, 2.24) is 0 Å². The molecule has 2 fully saturated rings. The average molecular weight is 261 g/mol. The summed E-state index contributed by atoms with van der Waals surface area (Å²) in [4.78, 5) is 0. The Morgan fingerprint density at radius 2 is 1.53 bits per heavy atom. The van der Waals surface area contributed by atoms with E-state index in [2.05, 4.69) is 19.9 Å². The summed E-state index contributed by atoms with van der Waals surface area (Å²) in [7, 11) is 0. The lowest BCUT2D eigenvalue weighted by atomic mass is 9.63. The number of rotatable bonds is 4. The molecule has 2 aliphatic carbocycles. The molecule has 19 heavy (non-hydrogen) atoms. The molecule has 0 spiro atoms. The van der Waals surface area contributed by atoms with Gasteiger partial charge in [0.05, 0.1) is 11.5 Å². The number of nitriles is 1. The summed E-state index contributed by atoms with van der Waals surface area (Å²) in [6, 6.07) is 2.66. The molecule has 0 radical (unpaired) electrons. The van der Waals surface area contributed by atoms with Crippen molar-refractivity contribution in [1.29, 1.82) is 5.26 Å². The first kappa shape index (κ1) is 14.9. The van der Waals surface area contributed by atoms with Crippen molar-refractivity contribution in [2.75, 3.05) is 0 Å². The predicted octanol–water partition coefficient (Wildman–Crippen LogP) is 5.70. The normalized spacial score (nSPS) is 39.7. The van der Waals surface area contributed by atoms with Gasteiger partial charge in [0.25, 0.3) is 0 Å². The first-order valence-corrected chi connectivity index (χ1v) is 8.64. The highest BCUT2D eigenvalue weighted by Gasteiger charge is 2.37. The van der Waals surface area contributed by atoms with Crippen LogP contribution < -0.4 is 0 Å². The van der Waals surface area contributed by atoms with Crippen LogP contribution in [0.2, 0.25) is 0 Å². The van der Waals surface area contributed by atoms with E-state index in [-0.39, 0.29) is 5.41 Å². The van der Waals surface area contributed by atoms with E-state index in [1.54, 1.807) is 0 Å². The monoisotopic (exact) mass is 261 g/mol. The summed E-state index contributed by atoms with van der Waals surface area (Å²) in [5.74, 6) is 2.94. The molecule has 0 unspecified atom stereocenters. The molecular weight excluding hydrogens is 230 g/mol. The second-order valence-corrected chi connectivity index (χ2v) is 7.17. The Morgan fingerprint density at radius 1 is 0.947 bits per heavy atom. The van der Waals surface area contributed by atoms with Crippen molar-refractivity contribution in [2.24, 2.45) is 23.2 Å². The van der Waals surface area contributed by atoms with Gasteiger partial charge in [-0.1, -0.05) is 39.5 Å². The first-order chi connectivity index (χ1) is 9.23. The molecule has 0 atom stereocenters. The SMILES string of the molecule is CCC[C@]1(C#N)CC[C@@H](C2CCC(CC)CC2)CC1. The van der Waals surface area contributed by atoms with Gasteiger partial charge in [0.2, 0.25) is 0 Å². The molecule has 0 aromatic carbocycles. The molecule has 0 bridgehead atoms. The van der Waals surface area contributed by atoms with E-state index in [0.29, 0.717) is 0 Å². The topological polar surface area (TPSA) is 23.8 Å². The van der Waals surface area contributed by atoms with Crippen LogP contribution in [0, 0.1) is 34.5 Å². The zero-order valence-electron chi connectivity index (χ0n) is 13.0. The van der Waals surface area contributed by atoms with E-state index in [9.17, 15) is 5.26 Å². The molecule has 108 valence electrons. The summed E-state index contributed by atoms with van der Waals surface area (Å²) in [5.41, 5.74) is 0.0475. The van der Waals surface area contributed by atoms with E-state index in [0.717, 1.165) is 24.2 Å². The Kier molecular flexibility index (Phi) is 5.31. The molecule has 0 amide bonds. The van der Waals surface area contributed by atoms with Crippen LogP contribution in [0.15, 0.2) is 0 Å². The van der Waals surface area contributed by atoms with Crippen LogP contribution in [0.4, 0.5) is 0 Å². The van der Waals surface area contributed by atoms with Gasteiger partial charge in [-0.15, -0.1) is 0 Å². The zero-order chi connectivity index (χ0) is 13.7. The number of nitrogens with zero attached hydrogens (tertiary/aromatic N) is 1. The minimum absolute atomic E-state index is 0.0475. The molecule has 0 aromatic heterocycles. The Balaban J connectivity index is 1.82. The van der Waals surface area contributed by atoms with Gasteiger partial charge in [0.1, 0.15) is 0 Å². The molecule has 1 nitrogen and oxygen atoms in total. The van der Waals surface area contributed by atoms with Crippen LogP contribution in [-0.4, -0.2) is 0 Å². The second kappa shape index (κ2) is 6.78. The van der Waals surface area contributed by atoms with E-state index >= 15 is 0 Å². The van der Waals surface area contributed by atoms with Crippen LogP contribution >= 0.6 is 0 Å². The first-order valence-electron chi connectivity index (χ1n) is 8.64. The summed E-state index contributed by atoms with van der Waals surface area (Å²) in [5, 5.41) is 9.49. The maximum absolute atomic E-state index is 9.49. The fourth-order valence-corrected chi connectivity index (χ4v) is 4.63. The minimum atomic E-state index is 0.0475. The van der Waals surface area contributed by atoms with Gasteiger partial charge in [0.15, 0.2) is 0 Å². The van der Waals surface area contributed by atoms with Gasteiger partial charge >= 0.3 is 0 Å². The summed E-state index contributed by atoms with van der Waals surface area (Å²) in [6.45, 7) is 4.56. The van der Waals surface area contributed by atoms with Gasteiger partial charge in [-0.2, -0.15) is 5.26 Å². The Hall–Kier alpha value is -0.510. The van der Waals surface area contributed by atoms with Crippen molar-refractivity contribution in [3.8, 4) is 6.07 Å². The standard InChI is InChI=1S/C18H31N/c1-3-11-18(14-19)12-9-17(10-13-18)16-7-5-15(4-2)6-8-16/h15-17H,3-13H2,1-2H3/t15?,16?,17-,18+. The van der Waals surface area contributed by atoms with Gasteiger partial charge in [-0.25, -0.2) is 0 Å². The van der Waals surface area contributed by atoms with Crippen LogP contribution in [0.1, 0.15) is 84.5 Å². The predicted molar refractivity (Wildman–Crippen MR) is 80.7 cm³/mol. The van der Waals surface area contributed by atoms with Crippen LogP contribution in [0.3, 0.4) is 0 Å². The van der Waals surface area contributed by atoms with Crippen molar-refractivity contribution in [2.45, 2.75) is 84.5 Å². The Morgan fingerprint density at radius 3 is 2.00 bits per heavy atom. The molecule has 0 saturated heterocycles. The highest BCUT2D eigenvalue weighted by Crippen LogP contribution is 2.47. The molecule has 2 aliphatic rings. The number of hydrogen-bond donors (Lipinski definition) is 0. The summed E-state index contributed by atoms with van der Waals surface area (Å²) < 4.78 is 0. The highest BCUT2D eigenvalue weighted by atomic mass is 14.4. The smallest absolute Gasteiger partial charge is 0.0689 e. The van der Waals surface area contributed by atoms with Crippen LogP contribution in [-0.2, 0) is 0 Å². The van der Waals surface area contributed by atoms with Crippen molar-refractivity contribution >= 4 is 0 Å². The summed E-state index contributed by atoms with van der Waals surface area (Å²) in [6.07, 6.45) is 14.6. The van der Waals surface area contributed by atoms with Crippen LogP contribution in [0.5, 0.6) is 0 Å². The van der Waals surface area contributed by atoms with Gasteiger partial charge in [0, 0.05) is 0 Å². The molecular formula is C18H31N. The lowest BCUT2D eigenvalue weighted by molar-refractivity contribution is 0.117. The second-order valence-electron chi connectivity index (χ2n) is 7.17. The highest BCUT2D eigenvalue weighted by molar-refractivity contribution is 5.02. The molecule has 0 heterocycles. The van der Waals surface area contributed by atoms with Crippen molar-refractivity contribution < 1.29 is 0 Å². The lowest BCUT2D eigenvalue weighted by Gasteiger charge is -2.40. The third kappa shape index (κ3) is 3.53. The Bertz CT molecular complexity index is 298.